The van der Waals surface area contributed by atoms with E-state index in [9.17, 15) is 4.79 Å². The molecule has 2 aromatic rings. The predicted molar refractivity (Wildman–Crippen MR) is 107 cm³/mol. The van der Waals surface area contributed by atoms with Gasteiger partial charge in [0.2, 0.25) is 5.91 Å². The lowest BCUT2D eigenvalue weighted by Crippen LogP contribution is -2.41. The van der Waals surface area contributed by atoms with Gasteiger partial charge in [-0.05, 0) is 54.7 Å². The van der Waals surface area contributed by atoms with Crippen LogP contribution in [-0.2, 0) is 4.79 Å². The minimum absolute atomic E-state index is 0.156. The third-order valence-corrected chi connectivity index (χ3v) is 5.94. The Bertz CT molecular complexity index is 757. The summed E-state index contributed by atoms with van der Waals surface area (Å²) >= 11 is 0. The fraction of sp³-hybridized carbons (Fsp3) is 0.375. The van der Waals surface area contributed by atoms with Crippen LogP contribution in [0.1, 0.15) is 49.1 Å². The van der Waals surface area contributed by atoms with Crippen LogP contribution in [-0.4, -0.2) is 23.9 Å². The van der Waals surface area contributed by atoms with E-state index in [4.69, 9.17) is 0 Å². The minimum atomic E-state index is 0.156. The van der Waals surface area contributed by atoms with Crippen molar-refractivity contribution in [3.63, 3.8) is 0 Å². The normalized spacial score (nSPS) is 21.3. The molecule has 2 heteroatoms. The molecule has 2 aromatic carbocycles. The molecule has 0 saturated carbocycles. The quantitative estimate of drug-likeness (QED) is 0.741. The van der Waals surface area contributed by atoms with E-state index in [1.165, 1.54) is 16.7 Å². The van der Waals surface area contributed by atoms with Gasteiger partial charge in [-0.3, -0.25) is 4.79 Å². The van der Waals surface area contributed by atoms with E-state index in [0.717, 1.165) is 45.2 Å². The summed E-state index contributed by atoms with van der Waals surface area (Å²) in [7, 11) is 0. The maximum absolute atomic E-state index is 13.1. The number of amides is 1. The van der Waals surface area contributed by atoms with Crippen LogP contribution in [0, 0.1) is 5.92 Å². The Hall–Kier alpha value is -2.35. The molecule has 1 saturated heterocycles. The van der Waals surface area contributed by atoms with Crippen LogP contribution in [0.2, 0.25) is 0 Å². The number of piperidine rings is 1. The topological polar surface area (TPSA) is 20.3 Å². The third-order valence-electron chi connectivity index (χ3n) is 5.94. The Morgan fingerprint density at radius 1 is 0.846 bits per heavy atom. The smallest absolute Gasteiger partial charge is 0.226 e. The summed E-state index contributed by atoms with van der Waals surface area (Å²) in [4.78, 5) is 15.2. The zero-order chi connectivity index (χ0) is 17.8. The first kappa shape index (κ1) is 17.1. The predicted octanol–water partition coefficient (Wildman–Crippen LogP) is 5.28. The number of carbonyl (C=O) groups is 1. The number of hydrogen-bond acceptors (Lipinski definition) is 1. The second-order valence-corrected chi connectivity index (χ2v) is 7.58. The van der Waals surface area contributed by atoms with Crippen molar-refractivity contribution in [2.45, 2.75) is 38.0 Å². The Kier molecular flexibility index (Phi) is 5.19. The van der Waals surface area contributed by atoms with Crippen molar-refractivity contribution in [2.24, 2.45) is 5.92 Å². The molecule has 0 N–H and O–H groups in total. The first-order valence-electron chi connectivity index (χ1n) is 9.89. The Morgan fingerprint density at radius 2 is 1.50 bits per heavy atom. The molecule has 0 radical (unpaired) electrons. The van der Waals surface area contributed by atoms with Gasteiger partial charge in [0.1, 0.15) is 0 Å². The minimum Gasteiger partial charge on any atom is -0.342 e. The van der Waals surface area contributed by atoms with Gasteiger partial charge >= 0.3 is 0 Å². The molecule has 1 aliphatic carbocycles. The monoisotopic (exact) mass is 345 g/mol. The highest BCUT2D eigenvalue weighted by atomic mass is 16.2. The second kappa shape index (κ2) is 7.90. The molecule has 2 aliphatic rings. The van der Waals surface area contributed by atoms with Crippen molar-refractivity contribution in [3.05, 3.63) is 77.9 Å². The molecule has 1 fully saturated rings. The zero-order valence-electron chi connectivity index (χ0n) is 15.3. The maximum Gasteiger partial charge on any atom is 0.226 e. The fourth-order valence-corrected chi connectivity index (χ4v) is 4.42. The summed E-state index contributed by atoms with van der Waals surface area (Å²) in [6.45, 7) is 1.80. The summed E-state index contributed by atoms with van der Waals surface area (Å²) in [5, 5.41) is 0. The van der Waals surface area contributed by atoms with Crippen molar-refractivity contribution < 1.29 is 4.79 Å². The molecule has 0 aromatic heterocycles. The zero-order valence-corrected chi connectivity index (χ0v) is 15.3. The van der Waals surface area contributed by atoms with Crippen LogP contribution >= 0.6 is 0 Å². The van der Waals surface area contributed by atoms with Crippen LogP contribution in [0.15, 0.2) is 66.7 Å². The van der Waals surface area contributed by atoms with Crippen molar-refractivity contribution in [1.82, 2.24) is 4.90 Å². The summed E-state index contributed by atoms with van der Waals surface area (Å²) in [5.74, 6) is 1.13. The number of hydrogen-bond donors (Lipinski definition) is 0. The third kappa shape index (κ3) is 3.75. The van der Waals surface area contributed by atoms with Crippen LogP contribution < -0.4 is 0 Å². The fourth-order valence-electron chi connectivity index (χ4n) is 4.42. The summed E-state index contributed by atoms with van der Waals surface area (Å²) in [6, 6.07) is 21.3. The van der Waals surface area contributed by atoms with Crippen LogP contribution in [0.3, 0.4) is 0 Å². The second-order valence-electron chi connectivity index (χ2n) is 7.58. The molecule has 1 heterocycles. The average molecular weight is 345 g/mol. The Labute approximate surface area is 156 Å². The molecule has 1 aliphatic heterocycles. The lowest BCUT2D eigenvalue weighted by Gasteiger charge is -2.35. The number of nitrogens with zero attached hydrogens (tertiary/aromatic N) is 1. The van der Waals surface area contributed by atoms with E-state index in [2.05, 4.69) is 65.6 Å². The van der Waals surface area contributed by atoms with Gasteiger partial charge in [-0.25, -0.2) is 0 Å². The molecule has 1 atom stereocenters. The molecular weight excluding hydrogens is 318 g/mol. The van der Waals surface area contributed by atoms with Gasteiger partial charge in [-0.15, -0.1) is 0 Å². The largest absolute Gasteiger partial charge is 0.342 e. The molecule has 1 amide bonds. The van der Waals surface area contributed by atoms with Crippen molar-refractivity contribution in [1.29, 1.82) is 0 Å². The summed E-state index contributed by atoms with van der Waals surface area (Å²) in [6.07, 6.45) is 7.39. The lowest BCUT2D eigenvalue weighted by atomic mass is 9.83. The summed E-state index contributed by atoms with van der Waals surface area (Å²) in [5.41, 5.74) is 4.04. The van der Waals surface area contributed by atoms with E-state index in [0.29, 0.717) is 11.8 Å². The van der Waals surface area contributed by atoms with Gasteiger partial charge in [0.15, 0.2) is 0 Å². The van der Waals surface area contributed by atoms with Crippen LogP contribution in [0.5, 0.6) is 0 Å². The first-order valence-corrected chi connectivity index (χ1v) is 9.89. The molecule has 2 nitrogen and oxygen atoms in total. The molecule has 0 bridgehead atoms. The lowest BCUT2D eigenvalue weighted by molar-refractivity contribution is -0.136. The molecule has 1 unspecified atom stereocenters. The summed E-state index contributed by atoms with van der Waals surface area (Å²) < 4.78 is 0. The highest BCUT2D eigenvalue weighted by Gasteiger charge is 2.30. The number of allylic oxidation sites excluding steroid dienone is 2. The van der Waals surface area contributed by atoms with Crippen LogP contribution in [0.25, 0.3) is 5.57 Å². The maximum atomic E-state index is 13.1. The Morgan fingerprint density at radius 3 is 2.19 bits per heavy atom. The Balaban J connectivity index is 1.36. The number of rotatable bonds is 3. The highest BCUT2D eigenvalue weighted by Crippen LogP contribution is 2.34. The molecular formula is C24H27NO. The van der Waals surface area contributed by atoms with Crippen molar-refractivity contribution in [2.75, 3.05) is 13.1 Å². The number of carbonyl (C=O) groups excluding carboxylic acids is 1. The van der Waals surface area contributed by atoms with E-state index in [1.54, 1.807) is 0 Å². The molecule has 4 rings (SSSR count). The number of benzene rings is 2. The highest BCUT2D eigenvalue weighted by molar-refractivity contribution is 5.82. The van der Waals surface area contributed by atoms with Gasteiger partial charge in [0.05, 0.1) is 0 Å². The molecule has 0 spiro atoms. The number of likely N-dealkylation sites (tertiary alicyclic amines) is 1. The van der Waals surface area contributed by atoms with Crippen LogP contribution in [0.4, 0.5) is 0 Å². The van der Waals surface area contributed by atoms with Gasteiger partial charge in [-0.1, -0.05) is 66.7 Å². The van der Waals surface area contributed by atoms with E-state index < -0.39 is 0 Å². The van der Waals surface area contributed by atoms with E-state index in [1.807, 2.05) is 6.07 Å². The van der Waals surface area contributed by atoms with Crippen molar-refractivity contribution >= 4 is 11.5 Å². The molecule has 26 heavy (non-hydrogen) atoms. The van der Waals surface area contributed by atoms with Crippen molar-refractivity contribution in [3.8, 4) is 0 Å². The van der Waals surface area contributed by atoms with Gasteiger partial charge in [-0.2, -0.15) is 0 Å². The van der Waals surface area contributed by atoms with E-state index >= 15 is 0 Å². The SMILES string of the molecule is O=C(C1CCC=C(c2ccccc2)C1)N1CCC(c2ccccc2)CC1. The van der Waals surface area contributed by atoms with Gasteiger partial charge < -0.3 is 4.90 Å². The first-order chi connectivity index (χ1) is 12.8. The van der Waals surface area contributed by atoms with Gasteiger partial charge in [0.25, 0.3) is 0 Å². The molecule has 134 valence electrons. The van der Waals surface area contributed by atoms with Gasteiger partial charge in [0, 0.05) is 19.0 Å². The average Bonchev–Trinajstić information content (AvgIpc) is 2.75. The van der Waals surface area contributed by atoms with E-state index in [-0.39, 0.29) is 5.92 Å². The standard InChI is InChI=1S/C24H27NO/c26-24(23-13-7-12-22(18-23)20-10-5-2-6-11-20)25-16-14-21(15-17-25)19-8-3-1-4-9-19/h1-6,8-12,21,23H,7,13-18H2.